The van der Waals surface area contributed by atoms with E-state index in [2.05, 4.69) is 48.0 Å². The van der Waals surface area contributed by atoms with E-state index >= 15 is 0 Å². The maximum atomic E-state index is 8.90. The van der Waals surface area contributed by atoms with Crippen LogP contribution in [0.3, 0.4) is 0 Å². The van der Waals surface area contributed by atoms with Crippen LogP contribution in [0.4, 0.5) is 5.69 Å². The van der Waals surface area contributed by atoms with Crippen LogP contribution in [0.5, 0.6) is 0 Å². The van der Waals surface area contributed by atoms with Crippen molar-refractivity contribution in [1.29, 1.82) is 5.26 Å². The molecular weight excluding hydrogens is 234 g/mol. The van der Waals surface area contributed by atoms with E-state index in [1.54, 1.807) is 0 Å². The Hall–Kier alpha value is -2.08. The zero-order valence-corrected chi connectivity index (χ0v) is 11.9. The molecule has 3 heteroatoms. The van der Waals surface area contributed by atoms with Crippen molar-refractivity contribution in [3.63, 3.8) is 0 Å². The van der Waals surface area contributed by atoms with E-state index in [0.717, 1.165) is 22.3 Å². The predicted octanol–water partition coefficient (Wildman–Crippen LogP) is 3.49. The van der Waals surface area contributed by atoms with Crippen molar-refractivity contribution in [2.45, 2.75) is 26.2 Å². The monoisotopic (exact) mass is 253 g/mol. The molecule has 98 valence electrons. The molecule has 0 fully saturated rings. The van der Waals surface area contributed by atoms with E-state index in [1.165, 1.54) is 5.56 Å². The normalized spacial score (nSPS) is 10.7. The van der Waals surface area contributed by atoms with Crippen molar-refractivity contribution in [1.82, 2.24) is 4.98 Å². The molecule has 19 heavy (non-hydrogen) atoms. The average Bonchev–Trinajstić information content (AvgIpc) is 2.37. The number of anilines is 1. The lowest BCUT2D eigenvalue weighted by atomic mass is 9.98. The van der Waals surface area contributed by atoms with Gasteiger partial charge < -0.3 is 4.90 Å². The summed E-state index contributed by atoms with van der Waals surface area (Å²) in [5.74, 6) is 0.420. The Balaban J connectivity index is 2.79. The smallest absolute Gasteiger partial charge is 0.0775 e. The quantitative estimate of drug-likeness (QED) is 0.840. The Labute approximate surface area is 114 Å². The fourth-order valence-corrected chi connectivity index (χ4v) is 2.31. The Kier molecular flexibility index (Phi) is 3.71. The summed E-state index contributed by atoms with van der Waals surface area (Å²) in [5, 5.41) is 10.0. The number of aromatic nitrogens is 1. The second-order valence-corrected chi connectivity index (χ2v) is 5.26. The number of nitriles is 1. The molecule has 0 saturated carbocycles. The van der Waals surface area contributed by atoms with E-state index in [-0.39, 0.29) is 0 Å². The maximum Gasteiger partial charge on any atom is 0.0775 e. The van der Waals surface area contributed by atoms with Gasteiger partial charge >= 0.3 is 0 Å². The molecule has 0 N–H and O–H groups in total. The van der Waals surface area contributed by atoms with Crippen LogP contribution >= 0.6 is 0 Å². The molecule has 0 saturated heterocycles. The van der Waals surface area contributed by atoms with Gasteiger partial charge in [-0.05, 0) is 17.5 Å². The average molecular weight is 253 g/mol. The van der Waals surface area contributed by atoms with E-state index in [9.17, 15) is 0 Å². The third-order valence-electron chi connectivity index (χ3n) is 3.27. The summed E-state index contributed by atoms with van der Waals surface area (Å²) in [7, 11) is 4.04. The predicted molar refractivity (Wildman–Crippen MR) is 79.5 cm³/mol. The van der Waals surface area contributed by atoms with Gasteiger partial charge in [0, 0.05) is 25.2 Å². The van der Waals surface area contributed by atoms with Gasteiger partial charge in [0.1, 0.15) is 0 Å². The van der Waals surface area contributed by atoms with Gasteiger partial charge in [0.15, 0.2) is 0 Å². The molecule has 0 aliphatic rings. The van der Waals surface area contributed by atoms with Gasteiger partial charge in [-0.1, -0.05) is 32.0 Å². The fraction of sp³-hybridized carbons (Fsp3) is 0.375. The van der Waals surface area contributed by atoms with Crippen molar-refractivity contribution in [2.24, 2.45) is 0 Å². The first-order valence-electron chi connectivity index (χ1n) is 6.51. The lowest BCUT2D eigenvalue weighted by Crippen LogP contribution is -2.11. The van der Waals surface area contributed by atoms with Crippen molar-refractivity contribution < 1.29 is 0 Å². The molecular formula is C16H19N3. The fourth-order valence-electron chi connectivity index (χ4n) is 2.31. The first-order chi connectivity index (χ1) is 9.04. The van der Waals surface area contributed by atoms with Crippen LogP contribution in [-0.4, -0.2) is 19.1 Å². The van der Waals surface area contributed by atoms with Crippen LogP contribution in [0.2, 0.25) is 0 Å². The minimum absolute atomic E-state index is 0.350. The standard InChI is InChI=1S/C16H19N3/c1-11(2)13-6-5-7-14-15(19(3)4)10-12(8-9-17)18-16(13)14/h5-7,10-11H,8H2,1-4H3. The summed E-state index contributed by atoms with van der Waals surface area (Å²) in [6.07, 6.45) is 0.350. The molecule has 0 amide bonds. The summed E-state index contributed by atoms with van der Waals surface area (Å²) in [5.41, 5.74) is 4.22. The lowest BCUT2D eigenvalue weighted by Gasteiger charge is -2.18. The number of nitrogens with zero attached hydrogens (tertiary/aromatic N) is 3. The molecule has 0 aliphatic carbocycles. The molecule has 0 aliphatic heterocycles. The Morgan fingerprint density at radius 2 is 2.05 bits per heavy atom. The van der Waals surface area contributed by atoms with Crippen LogP contribution in [-0.2, 0) is 6.42 Å². The highest BCUT2D eigenvalue weighted by Crippen LogP contribution is 2.30. The van der Waals surface area contributed by atoms with Gasteiger partial charge in [0.2, 0.25) is 0 Å². The summed E-state index contributed by atoms with van der Waals surface area (Å²) in [4.78, 5) is 6.76. The highest BCUT2D eigenvalue weighted by Gasteiger charge is 2.12. The van der Waals surface area contributed by atoms with Gasteiger partial charge in [0.05, 0.1) is 23.7 Å². The summed E-state index contributed by atoms with van der Waals surface area (Å²) < 4.78 is 0. The van der Waals surface area contributed by atoms with Gasteiger partial charge in [-0.3, -0.25) is 4.98 Å². The third-order valence-corrected chi connectivity index (χ3v) is 3.27. The zero-order chi connectivity index (χ0) is 14.0. The summed E-state index contributed by atoms with van der Waals surface area (Å²) >= 11 is 0. The number of benzene rings is 1. The molecule has 1 aromatic carbocycles. The van der Waals surface area contributed by atoms with Crippen LogP contribution in [0, 0.1) is 11.3 Å². The number of rotatable bonds is 3. The highest BCUT2D eigenvalue weighted by molar-refractivity contribution is 5.94. The minimum Gasteiger partial charge on any atom is -0.377 e. The molecule has 2 rings (SSSR count). The van der Waals surface area contributed by atoms with Crippen molar-refractivity contribution >= 4 is 16.6 Å². The SMILES string of the molecule is CC(C)c1cccc2c(N(C)C)cc(CC#N)nc12. The highest BCUT2D eigenvalue weighted by atomic mass is 15.1. The third kappa shape index (κ3) is 2.53. The van der Waals surface area contributed by atoms with E-state index in [0.29, 0.717) is 12.3 Å². The van der Waals surface area contributed by atoms with Gasteiger partial charge in [-0.15, -0.1) is 0 Å². The van der Waals surface area contributed by atoms with Crippen LogP contribution in [0.25, 0.3) is 10.9 Å². The van der Waals surface area contributed by atoms with Crippen molar-refractivity contribution in [2.75, 3.05) is 19.0 Å². The molecule has 0 bridgehead atoms. The molecule has 1 heterocycles. The van der Waals surface area contributed by atoms with Crippen LogP contribution < -0.4 is 4.90 Å². The van der Waals surface area contributed by atoms with E-state index in [4.69, 9.17) is 5.26 Å². The number of hydrogen-bond acceptors (Lipinski definition) is 3. The molecule has 3 nitrogen and oxygen atoms in total. The second-order valence-electron chi connectivity index (χ2n) is 5.26. The Bertz CT molecular complexity index is 636. The van der Waals surface area contributed by atoms with Crippen molar-refractivity contribution in [3.05, 3.63) is 35.5 Å². The number of para-hydroxylation sites is 1. The number of fused-ring (bicyclic) bond motifs is 1. The second kappa shape index (κ2) is 5.27. The van der Waals surface area contributed by atoms with Gasteiger partial charge in [-0.25, -0.2) is 0 Å². The van der Waals surface area contributed by atoms with E-state index in [1.807, 2.05) is 20.2 Å². The van der Waals surface area contributed by atoms with Crippen LogP contribution in [0.15, 0.2) is 24.3 Å². The largest absolute Gasteiger partial charge is 0.377 e. The van der Waals surface area contributed by atoms with E-state index < -0.39 is 0 Å². The summed E-state index contributed by atoms with van der Waals surface area (Å²) in [6, 6.07) is 10.5. The topological polar surface area (TPSA) is 39.9 Å². The first kappa shape index (κ1) is 13.4. The first-order valence-corrected chi connectivity index (χ1v) is 6.51. The maximum absolute atomic E-state index is 8.90. The molecule has 0 spiro atoms. The van der Waals surface area contributed by atoms with Crippen LogP contribution in [0.1, 0.15) is 31.0 Å². The Morgan fingerprint density at radius 3 is 2.63 bits per heavy atom. The molecule has 0 atom stereocenters. The van der Waals surface area contributed by atoms with Gasteiger partial charge in [0.25, 0.3) is 0 Å². The lowest BCUT2D eigenvalue weighted by molar-refractivity contribution is 0.871. The molecule has 0 radical (unpaired) electrons. The Morgan fingerprint density at radius 1 is 1.32 bits per heavy atom. The number of hydrogen-bond donors (Lipinski definition) is 0. The number of pyridine rings is 1. The minimum atomic E-state index is 0.350. The molecule has 1 aromatic heterocycles. The van der Waals surface area contributed by atoms with Gasteiger partial charge in [-0.2, -0.15) is 5.26 Å². The zero-order valence-electron chi connectivity index (χ0n) is 11.9. The molecule has 2 aromatic rings. The summed E-state index contributed by atoms with van der Waals surface area (Å²) in [6.45, 7) is 4.34. The molecule has 0 unspecified atom stereocenters. The van der Waals surface area contributed by atoms with Crippen molar-refractivity contribution in [3.8, 4) is 6.07 Å².